The maximum absolute atomic E-state index is 13.4. The lowest BCUT2D eigenvalue weighted by Gasteiger charge is -2.44. The number of methoxy groups -OCH3 is 1. The summed E-state index contributed by atoms with van der Waals surface area (Å²) in [5.41, 5.74) is 14.6. The van der Waals surface area contributed by atoms with Gasteiger partial charge in [0.2, 0.25) is 0 Å². The van der Waals surface area contributed by atoms with Gasteiger partial charge < -0.3 is 30.8 Å². The van der Waals surface area contributed by atoms with Crippen LogP contribution < -0.4 is 21.1 Å². The lowest BCUT2D eigenvalue weighted by Crippen LogP contribution is -2.63. The van der Waals surface area contributed by atoms with Crippen LogP contribution in [0.3, 0.4) is 0 Å². The van der Waals surface area contributed by atoms with Gasteiger partial charge in [-0.25, -0.2) is 23.7 Å². The first-order valence-electron chi connectivity index (χ1n) is 11.9. The molecule has 1 saturated heterocycles. The molecule has 1 fully saturated rings. The van der Waals surface area contributed by atoms with Gasteiger partial charge in [0, 0.05) is 18.7 Å². The molecule has 4 aromatic rings. The normalized spacial score (nSPS) is 18.8. The quantitative estimate of drug-likeness (QED) is 0.320. The van der Waals surface area contributed by atoms with Gasteiger partial charge in [-0.2, -0.15) is 0 Å². The predicted octanol–water partition coefficient (Wildman–Crippen LogP) is 3.10. The number of nitrogens with zero attached hydrogens (tertiary/aromatic N) is 6. The SMILES string of the molecule is COc1ccc(-c2cc(Cn3cnc4c(N)ncnc43)c(N3CCCC(N)([C@H](O)C(F)F)C3)cn2)c(Cl)c1. The Morgan fingerprint density at radius 1 is 1.21 bits per heavy atom. The molecule has 0 bridgehead atoms. The van der Waals surface area contributed by atoms with E-state index in [1.807, 2.05) is 21.6 Å². The Bertz CT molecular complexity index is 1470. The number of hydrogen-bond acceptors (Lipinski definition) is 9. The van der Waals surface area contributed by atoms with E-state index in [2.05, 4.69) is 19.9 Å². The number of fused-ring (bicyclic) bond motifs is 1. The Labute approximate surface area is 222 Å². The Hall–Kier alpha value is -3.61. The van der Waals surface area contributed by atoms with Crippen molar-refractivity contribution >= 4 is 34.3 Å². The summed E-state index contributed by atoms with van der Waals surface area (Å²) >= 11 is 6.53. The third kappa shape index (κ3) is 4.82. The summed E-state index contributed by atoms with van der Waals surface area (Å²) in [6, 6.07) is 7.20. The van der Waals surface area contributed by atoms with E-state index in [1.165, 1.54) is 6.33 Å². The number of aromatic nitrogens is 5. The zero-order valence-electron chi connectivity index (χ0n) is 20.6. The smallest absolute Gasteiger partial charge is 0.265 e. The highest BCUT2D eigenvalue weighted by Gasteiger charge is 2.43. The van der Waals surface area contributed by atoms with Crippen molar-refractivity contribution in [2.24, 2.45) is 5.73 Å². The van der Waals surface area contributed by atoms with E-state index in [0.29, 0.717) is 58.4 Å². The van der Waals surface area contributed by atoms with E-state index in [4.69, 9.17) is 27.8 Å². The summed E-state index contributed by atoms with van der Waals surface area (Å²) < 4.78 is 33.9. The van der Waals surface area contributed by atoms with E-state index in [1.54, 1.807) is 31.8 Å². The molecule has 1 aliphatic rings. The summed E-state index contributed by atoms with van der Waals surface area (Å²) in [6.07, 6.45) is 0.572. The van der Waals surface area contributed by atoms with Crippen molar-refractivity contribution in [1.29, 1.82) is 0 Å². The van der Waals surface area contributed by atoms with Crippen LogP contribution in [-0.2, 0) is 6.54 Å². The molecule has 5 N–H and O–H groups in total. The molecule has 1 unspecified atom stereocenters. The average Bonchev–Trinajstić information content (AvgIpc) is 3.32. The van der Waals surface area contributed by atoms with Crippen LogP contribution in [0.4, 0.5) is 20.3 Å². The molecule has 2 atom stereocenters. The van der Waals surface area contributed by atoms with Crippen molar-refractivity contribution in [2.75, 3.05) is 30.8 Å². The van der Waals surface area contributed by atoms with Gasteiger partial charge in [-0.05, 0) is 42.7 Å². The predicted molar refractivity (Wildman–Crippen MR) is 140 cm³/mol. The van der Waals surface area contributed by atoms with E-state index in [9.17, 15) is 13.9 Å². The van der Waals surface area contributed by atoms with Crippen LogP contribution in [0, 0.1) is 0 Å². The highest BCUT2D eigenvalue weighted by atomic mass is 35.5. The third-order valence-corrected chi connectivity index (χ3v) is 7.22. The van der Waals surface area contributed by atoms with Crippen LogP contribution in [0.1, 0.15) is 18.4 Å². The number of imidazole rings is 1. The van der Waals surface area contributed by atoms with Gasteiger partial charge in [0.05, 0.1) is 48.1 Å². The minimum absolute atomic E-state index is 0.0373. The molecule has 4 heterocycles. The summed E-state index contributed by atoms with van der Waals surface area (Å²) in [7, 11) is 1.56. The standard InChI is InChI=1S/C25H27ClF2N8O2/c1-38-15-3-4-16(17(26)8-15)18-7-14(10-36-13-34-20-23(29)32-12-33-24(20)36)19(9-31-18)35-6-2-5-25(30,11-35)21(37)22(27)28/h3-4,7-9,12-13,21-22,37H,2,5-6,10-11,30H2,1H3,(H2,29,32,33)/t21-,25?/m1/s1. The Morgan fingerprint density at radius 2 is 2.03 bits per heavy atom. The lowest BCUT2D eigenvalue weighted by molar-refractivity contribution is -0.0529. The summed E-state index contributed by atoms with van der Waals surface area (Å²) in [4.78, 5) is 19.2. The van der Waals surface area contributed by atoms with Gasteiger partial charge in [0.15, 0.2) is 11.5 Å². The van der Waals surface area contributed by atoms with Crippen LogP contribution in [-0.4, -0.2) is 67.9 Å². The molecule has 0 aliphatic carbocycles. The molecule has 13 heteroatoms. The topological polar surface area (TPSA) is 141 Å². The van der Waals surface area contributed by atoms with Gasteiger partial charge in [0.1, 0.15) is 23.7 Å². The number of ether oxygens (including phenoxy) is 1. The van der Waals surface area contributed by atoms with Crippen molar-refractivity contribution in [1.82, 2.24) is 24.5 Å². The van der Waals surface area contributed by atoms with E-state index >= 15 is 0 Å². The van der Waals surface area contributed by atoms with Crippen LogP contribution in [0.25, 0.3) is 22.4 Å². The number of nitrogens with two attached hydrogens (primary N) is 2. The van der Waals surface area contributed by atoms with Gasteiger partial charge >= 0.3 is 0 Å². The molecule has 200 valence electrons. The molecule has 0 radical (unpaired) electrons. The van der Waals surface area contributed by atoms with Gasteiger partial charge in [-0.3, -0.25) is 4.98 Å². The Morgan fingerprint density at radius 3 is 2.76 bits per heavy atom. The molecular weight excluding hydrogens is 518 g/mol. The number of pyridine rings is 1. The minimum Gasteiger partial charge on any atom is -0.497 e. The number of anilines is 2. The molecule has 10 nitrogen and oxygen atoms in total. The highest BCUT2D eigenvalue weighted by Crippen LogP contribution is 2.35. The fraction of sp³-hybridized carbons (Fsp3) is 0.360. The number of halogens is 3. The van der Waals surface area contributed by atoms with Crippen molar-refractivity contribution in [3.05, 3.63) is 53.7 Å². The van der Waals surface area contributed by atoms with Crippen LogP contribution in [0.5, 0.6) is 5.75 Å². The fourth-order valence-corrected chi connectivity index (χ4v) is 5.15. The van der Waals surface area contributed by atoms with Crippen LogP contribution >= 0.6 is 11.6 Å². The van der Waals surface area contributed by atoms with E-state index < -0.39 is 18.1 Å². The second kappa shape index (κ2) is 10.3. The largest absolute Gasteiger partial charge is 0.497 e. The number of aliphatic hydroxyl groups is 1. The number of piperidine rings is 1. The Balaban J connectivity index is 1.58. The first-order chi connectivity index (χ1) is 18.2. The molecule has 38 heavy (non-hydrogen) atoms. The van der Waals surface area contributed by atoms with Crippen molar-refractivity contribution < 1.29 is 18.6 Å². The zero-order valence-corrected chi connectivity index (χ0v) is 21.3. The van der Waals surface area contributed by atoms with E-state index in [0.717, 1.165) is 5.56 Å². The number of hydrogen-bond donors (Lipinski definition) is 3. The molecule has 1 aliphatic heterocycles. The molecule has 3 aromatic heterocycles. The maximum Gasteiger partial charge on any atom is 0.265 e. The summed E-state index contributed by atoms with van der Waals surface area (Å²) in [5.74, 6) is 0.877. The number of benzene rings is 1. The average molecular weight is 545 g/mol. The van der Waals surface area contributed by atoms with Crippen LogP contribution in [0.15, 0.2) is 43.1 Å². The van der Waals surface area contributed by atoms with Gasteiger partial charge in [0.25, 0.3) is 6.43 Å². The monoisotopic (exact) mass is 544 g/mol. The fourth-order valence-electron chi connectivity index (χ4n) is 4.89. The number of alkyl halides is 2. The van der Waals surface area contributed by atoms with Crippen LogP contribution in [0.2, 0.25) is 5.02 Å². The lowest BCUT2D eigenvalue weighted by atomic mass is 9.84. The van der Waals surface area contributed by atoms with Crippen molar-refractivity contribution in [3.8, 4) is 17.0 Å². The van der Waals surface area contributed by atoms with Gasteiger partial charge in [-0.1, -0.05) is 11.6 Å². The molecule has 0 saturated carbocycles. The second-order valence-corrected chi connectivity index (χ2v) is 9.79. The zero-order chi connectivity index (χ0) is 27.0. The first-order valence-corrected chi connectivity index (χ1v) is 12.3. The van der Waals surface area contributed by atoms with E-state index in [-0.39, 0.29) is 18.8 Å². The molecule has 1 aromatic carbocycles. The van der Waals surface area contributed by atoms with Gasteiger partial charge in [-0.15, -0.1) is 0 Å². The van der Waals surface area contributed by atoms with Crippen molar-refractivity contribution in [2.45, 2.75) is 37.5 Å². The minimum atomic E-state index is -2.94. The number of aliphatic hydroxyl groups excluding tert-OH is 1. The maximum atomic E-state index is 13.4. The molecular formula is C25H27ClF2N8O2. The van der Waals surface area contributed by atoms with Crippen molar-refractivity contribution in [3.63, 3.8) is 0 Å². The number of rotatable bonds is 7. The molecule has 0 amide bonds. The summed E-state index contributed by atoms with van der Waals surface area (Å²) in [6.45, 7) is 0.915. The first kappa shape index (κ1) is 26.0. The third-order valence-electron chi connectivity index (χ3n) is 6.91. The summed E-state index contributed by atoms with van der Waals surface area (Å²) in [5, 5.41) is 10.6. The molecule has 0 spiro atoms. The number of nitrogen functional groups attached to an aromatic ring is 1. The highest BCUT2D eigenvalue weighted by molar-refractivity contribution is 6.33. The second-order valence-electron chi connectivity index (χ2n) is 9.39. The Kier molecular flexibility index (Phi) is 7.03. The molecule has 5 rings (SSSR count).